The van der Waals surface area contributed by atoms with Gasteiger partial charge in [-0.1, -0.05) is 32.6 Å². The summed E-state index contributed by atoms with van der Waals surface area (Å²) in [6.07, 6.45) is 13.7. The van der Waals surface area contributed by atoms with Crippen molar-refractivity contribution in [2.24, 2.45) is 0 Å². The van der Waals surface area contributed by atoms with E-state index in [0.717, 1.165) is 86.6 Å². The Balaban J connectivity index is 1.74. The number of phenols is 1. The van der Waals surface area contributed by atoms with Gasteiger partial charge in [0.25, 0.3) is 0 Å². The van der Waals surface area contributed by atoms with E-state index in [1.807, 2.05) is 26.8 Å². The number of aromatic hydroxyl groups is 1. The topological polar surface area (TPSA) is 72.6 Å². The van der Waals surface area contributed by atoms with Crippen molar-refractivity contribution in [1.82, 2.24) is 0 Å². The van der Waals surface area contributed by atoms with Gasteiger partial charge in [0.1, 0.15) is 17.1 Å². The van der Waals surface area contributed by atoms with Gasteiger partial charge in [-0.3, -0.25) is 10.1 Å². The van der Waals surface area contributed by atoms with Gasteiger partial charge < -0.3 is 9.84 Å². The monoisotopic (exact) mass is 431 g/mol. The SMILES string of the molecule is CCCC/C(=C/CCCCCCCC1(C)CCc2c(C)c(O)c(C)c(C)c2O1)[N+](=O)[O-]. The van der Waals surface area contributed by atoms with E-state index in [9.17, 15) is 15.2 Å². The third-order valence-corrected chi connectivity index (χ3v) is 6.90. The molecule has 0 aromatic heterocycles. The molecule has 0 saturated heterocycles. The number of nitro groups is 1. The highest BCUT2D eigenvalue weighted by Crippen LogP contribution is 2.44. The highest BCUT2D eigenvalue weighted by atomic mass is 16.6. The number of phenolic OH excluding ortho intramolecular Hbond substituents is 1. The summed E-state index contributed by atoms with van der Waals surface area (Å²) in [6.45, 7) is 10.3. The molecule has 1 heterocycles. The van der Waals surface area contributed by atoms with E-state index in [4.69, 9.17) is 4.74 Å². The summed E-state index contributed by atoms with van der Waals surface area (Å²) in [5.74, 6) is 1.40. The van der Waals surface area contributed by atoms with E-state index in [0.29, 0.717) is 17.9 Å². The first-order valence-corrected chi connectivity index (χ1v) is 12.0. The van der Waals surface area contributed by atoms with E-state index >= 15 is 0 Å². The molecule has 1 aromatic rings. The number of rotatable bonds is 12. The second-order valence-electron chi connectivity index (χ2n) is 9.45. The van der Waals surface area contributed by atoms with Crippen molar-refractivity contribution in [2.75, 3.05) is 0 Å². The zero-order valence-corrected chi connectivity index (χ0v) is 20.2. The molecule has 1 aliphatic heterocycles. The fourth-order valence-corrected chi connectivity index (χ4v) is 4.54. The third kappa shape index (κ3) is 6.72. The van der Waals surface area contributed by atoms with Crippen molar-refractivity contribution >= 4 is 0 Å². The fourth-order valence-electron chi connectivity index (χ4n) is 4.54. The van der Waals surface area contributed by atoms with E-state index < -0.39 is 0 Å². The van der Waals surface area contributed by atoms with E-state index in [2.05, 4.69) is 13.8 Å². The van der Waals surface area contributed by atoms with Crippen molar-refractivity contribution in [3.63, 3.8) is 0 Å². The van der Waals surface area contributed by atoms with Gasteiger partial charge >= 0.3 is 0 Å². The summed E-state index contributed by atoms with van der Waals surface area (Å²) in [5, 5.41) is 21.4. The normalized spacial score (nSPS) is 18.5. The number of hydrogen-bond acceptors (Lipinski definition) is 4. The number of ether oxygens (including phenoxy) is 1. The zero-order chi connectivity index (χ0) is 23.0. The van der Waals surface area contributed by atoms with Crippen LogP contribution in [0.1, 0.15) is 107 Å². The molecular weight excluding hydrogens is 390 g/mol. The van der Waals surface area contributed by atoms with E-state index in [1.165, 1.54) is 12.0 Å². The molecule has 0 bridgehead atoms. The fraction of sp³-hybridized carbons (Fsp3) is 0.692. The van der Waals surface area contributed by atoms with Gasteiger partial charge in [-0.25, -0.2) is 0 Å². The molecule has 1 aliphatic rings. The lowest BCUT2D eigenvalue weighted by atomic mass is 9.84. The predicted molar refractivity (Wildman–Crippen MR) is 127 cm³/mol. The molecule has 0 radical (unpaired) electrons. The molecule has 1 aromatic carbocycles. The Bertz CT molecular complexity index is 799. The lowest BCUT2D eigenvalue weighted by Crippen LogP contribution is -2.37. The highest BCUT2D eigenvalue weighted by Gasteiger charge is 2.34. The number of nitrogens with zero attached hydrogens (tertiary/aromatic N) is 1. The molecule has 31 heavy (non-hydrogen) atoms. The number of hydrogen-bond donors (Lipinski definition) is 1. The van der Waals surface area contributed by atoms with Gasteiger partial charge in [0, 0.05) is 12.0 Å². The van der Waals surface area contributed by atoms with Crippen molar-refractivity contribution < 1.29 is 14.8 Å². The molecule has 5 nitrogen and oxygen atoms in total. The molecule has 0 aliphatic carbocycles. The van der Waals surface area contributed by atoms with Crippen LogP contribution in [0.3, 0.4) is 0 Å². The molecule has 0 fully saturated rings. The van der Waals surface area contributed by atoms with Crippen LogP contribution in [0.2, 0.25) is 0 Å². The van der Waals surface area contributed by atoms with E-state index in [-0.39, 0.29) is 10.5 Å². The van der Waals surface area contributed by atoms with Crippen LogP contribution in [0.15, 0.2) is 11.8 Å². The van der Waals surface area contributed by atoms with Gasteiger partial charge in [0.15, 0.2) is 0 Å². The third-order valence-electron chi connectivity index (χ3n) is 6.90. The smallest absolute Gasteiger partial charge is 0.242 e. The summed E-state index contributed by atoms with van der Waals surface area (Å²) in [4.78, 5) is 10.8. The second kappa shape index (κ2) is 11.5. The van der Waals surface area contributed by atoms with Crippen LogP contribution in [0.25, 0.3) is 0 Å². The van der Waals surface area contributed by atoms with Gasteiger partial charge in [-0.05, 0) is 95.4 Å². The minimum Gasteiger partial charge on any atom is -0.507 e. The minimum atomic E-state index is -0.218. The molecule has 5 heteroatoms. The summed E-state index contributed by atoms with van der Waals surface area (Å²) in [7, 11) is 0. The van der Waals surface area contributed by atoms with Crippen LogP contribution in [0.4, 0.5) is 0 Å². The van der Waals surface area contributed by atoms with Gasteiger partial charge in [-0.2, -0.15) is 0 Å². The van der Waals surface area contributed by atoms with Crippen molar-refractivity contribution in [1.29, 1.82) is 0 Å². The maximum Gasteiger partial charge on any atom is 0.242 e. The molecule has 0 spiro atoms. The maximum atomic E-state index is 11.1. The lowest BCUT2D eigenvalue weighted by molar-refractivity contribution is -0.428. The second-order valence-corrected chi connectivity index (χ2v) is 9.45. The Morgan fingerprint density at radius 3 is 2.45 bits per heavy atom. The molecule has 2 rings (SSSR count). The maximum absolute atomic E-state index is 11.1. The molecule has 174 valence electrons. The van der Waals surface area contributed by atoms with Crippen LogP contribution >= 0.6 is 0 Å². The Morgan fingerprint density at radius 1 is 1.10 bits per heavy atom. The number of allylic oxidation sites excluding steroid dienone is 2. The number of benzene rings is 1. The first-order chi connectivity index (χ1) is 14.7. The Morgan fingerprint density at radius 2 is 1.77 bits per heavy atom. The summed E-state index contributed by atoms with van der Waals surface area (Å²) in [5.41, 5.74) is 4.35. The standard InChI is InChI=1S/C26H41NO4/c1-6-7-14-22(27(29)30)15-12-10-8-9-11-13-17-26(5)18-16-23-21(4)24(28)19(2)20(3)25(23)31-26/h15,28H,6-14,16-18H2,1-5H3/b22-15-. The van der Waals surface area contributed by atoms with Crippen molar-refractivity contribution in [3.05, 3.63) is 44.1 Å². The van der Waals surface area contributed by atoms with Gasteiger partial charge in [0.2, 0.25) is 5.70 Å². The van der Waals surface area contributed by atoms with Crippen molar-refractivity contribution in [3.8, 4) is 11.5 Å². The Labute approximate surface area is 188 Å². The summed E-state index contributed by atoms with van der Waals surface area (Å²) < 4.78 is 6.51. The van der Waals surface area contributed by atoms with Crippen LogP contribution in [0.5, 0.6) is 11.5 Å². The molecule has 0 saturated carbocycles. The van der Waals surface area contributed by atoms with Gasteiger partial charge in [-0.15, -0.1) is 0 Å². The van der Waals surface area contributed by atoms with Crippen LogP contribution in [0, 0.1) is 30.9 Å². The predicted octanol–water partition coefficient (Wildman–Crippen LogP) is 7.48. The molecule has 1 N–H and O–H groups in total. The Kier molecular flexibility index (Phi) is 9.39. The Hall–Kier alpha value is -2.04. The molecule has 1 atom stereocenters. The first kappa shape index (κ1) is 25.2. The quantitative estimate of drug-likeness (QED) is 0.211. The molecule has 0 amide bonds. The minimum absolute atomic E-state index is 0.143. The van der Waals surface area contributed by atoms with Gasteiger partial charge in [0.05, 0.1) is 4.92 Å². The number of unbranched alkanes of at least 4 members (excludes halogenated alkanes) is 6. The molecule has 1 unspecified atom stereocenters. The lowest BCUT2D eigenvalue weighted by Gasteiger charge is -2.38. The summed E-state index contributed by atoms with van der Waals surface area (Å²) in [6, 6.07) is 0. The van der Waals surface area contributed by atoms with E-state index in [1.54, 1.807) is 0 Å². The molecular formula is C26H41NO4. The summed E-state index contributed by atoms with van der Waals surface area (Å²) >= 11 is 0. The average Bonchev–Trinajstić information content (AvgIpc) is 2.74. The highest BCUT2D eigenvalue weighted by molar-refractivity contribution is 5.58. The largest absolute Gasteiger partial charge is 0.507 e. The van der Waals surface area contributed by atoms with Crippen molar-refractivity contribution in [2.45, 2.75) is 117 Å². The van der Waals surface area contributed by atoms with Crippen LogP contribution in [-0.4, -0.2) is 15.6 Å². The van der Waals surface area contributed by atoms with Crippen LogP contribution in [-0.2, 0) is 6.42 Å². The van der Waals surface area contributed by atoms with Crippen LogP contribution < -0.4 is 4.74 Å². The number of fused-ring (bicyclic) bond motifs is 1. The zero-order valence-electron chi connectivity index (χ0n) is 20.2. The first-order valence-electron chi connectivity index (χ1n) is 12.0. The average molecular weight is 432 g/mol.